The number of carboxylic acid groups (broad SMARTS) is 1. The number of ether oxygens (including phenoxy) is 1. The van der Waals surface area contributed by atoms with E-state index in [1.54, 1.807) is 6.07 Å². The van der Waals surface area contributed by atoms with Crippen LogP contribution in [0.2, 0.25) is 0 Å². The molecule has 4 atom stereocenters. The van der Waals surface area contributed by atoms with E-state index in [9.17, 15) is 15.0 Å². The number of aliphatic hydroxyl groups is 1. The van der Waals surface area contributed by atoms with E-state index in [2.05, 4.69) is 4.98 Å². The predicted molar refractivity (Wildman–Crippen MR) is 75.7 cm³/mol. The number of aliphatic carboxylic acids is 1. The average molecular weight is 292 g/mol. The van der Waals surface area contributed by atoms with Gasteiger partial charge in [-0.1, -0.05) is 0 Å². The number of nitrogens with zero attached hydrogens (tertiary/aromatic N) is 1. The maximum atomic E-state index is 11.9. The number of hydrogen-bond acceptors (Lipinski definition) is 5. The number of hydrogen-bond donors (Lipinski definition) is 3. The van der Waals surface area contributed by atoms with Crippen molar-refractivity contribution < 1.29 is 19.7 Å². The van der Waals surface area contributed by atoms with Crippen molar-refractivity contribution in [1.82, 2.24) is 4.98 Å². The smallest absolute Gasteiger partial charge is 0.311 e. The molecule has 6 nitrogen and oxygen atoms in total. The fourth-order valence-electron chi connectivity index (χ4n) is 3.90. The lowest BCUT2D eigenvalue weighted by atomic mass is 9.70. The summed E-state index contributed by atoms with van der Waals surface area (Å²) < 4.78 is 5.64. The minimum Gasteiger partial charge on any atom is -0.481 e. The number of nitrogen functional groups attached to an aromatic ring is 1. The molecule has 0 unspecified atom stereocenters. The molecule has 1 aliphatic heterocycles. The summed E-state index contributed by atoms with van der Waals surface area (Å²) in [7, 11) is 0. The summed E-state index contributed by atoms with van der Waals surface area (Å²) >= 11 is 0. The lowest BCUT2D eigenvalue weighted by Crippen LogP contribution is -2.53. The first-order valence-electron chi connectivity index (χ1n) is 7.30. The Morgan fingerprint density at radius 1 is 1.52 bits per heavy atom. The maximum absolute atomic E-state index is 11.9. The zero-order valence-electron chi connectivity index (χ0n) is 11.7. The molecule has 0 amide bonds. The van der Waals surface area contributed by atoms with E-state index < -0.39 is 17.5 Å². The van der Waals surface area contributed by atoms with Gasteiger partial charge >= 0.3 is 5.97 Å². The number of rotatable bonds is 3. The molecule has 0 bridgehead atoms. The van der Waals surface area contributed by atoms with Gasteiger partial charge in [-0.25, -0.2) is 0 Å². The number of nitrogens with two attached hydrogens (primary N) is 1. The second kappa shape index (κ2) is 5.27. The standard InChI is InChI=1S/C15H20N2O4/c16-11-8-17-6-3-9(11)13(14(18)19)10-4-7-21-12-2-1-5-15(10,12)20/h3,6,8,10,12-13,20H,1-2,4-5,7,16H2,(H,18,19)/t10-,12-,13+,15-/m1/s1. The second-order valence-electron chi connectivity index (χ2n) is 5.96. The van der Waals surface area contributed by atoms with Crippen LogP contribution in [0, 0.1) is 5.92 Å². The SMILES string of the molecule is Nc1cnccc1[C@H](C(=O)O)[C@H]1CCO[C@@H]2CCC[C@@]12O. The fraction of sp³-hybridized carbons (Fsp3) is 0.600. The predicted octanol–water partition coefficient (Wildman–Crippen LogP) is 1.15. The van der Waals surface area contributed by atoms with Gasteiger partial charge in [0.15, 0.2) is 0 Å². The summed E-state index contributed by atoms with van der Waals surface area (Å²) in [6.45, 7) is 0.479. The van der Waals surface area contributed by atoms with Crippen LogP contribution in [-0.4, -0.2) is 39.5 Å². The first-order chi connectivity index (χ1) is 10.0. The van der Waals surface area contributed by atoms with Gasteiger partial charge in [-0.15, -0.1) is 0 Å². The van der Waals surface area contributed by atoms with Crippen molar-refractivity contribution >= 4 is 11.7 Å². The van der Waals surface area contributed by atoms with Gasteiger partial charge in [0.25, 0.3) is 0 Å². The number of carbonyl (C=O) groups is 1. The van der Waals surface area contributed by atoms with Gasteiger partial charge in [-0.3, -0.25) is 9.78 Å². The quantitative estimate of drug-likeness (QED) is 0.771. The molecule has 2 heterocycles. The molecule has 2 fully saturated rings. The molecule has 1 aliphatic carbocycles. The topological polar surface area (TPSA) is 106 Å². The first-order valence-corrected chi connectivity index (χ1v) is 7.30. The van der Waals surface area contributed by atoms with Crippen molar-refractivity contribution in [3.8, 4) is 0 Å². The molecule has 0 spiro atoms. The van der Waals surface area contributed by atoms with Gasteiger partial charge in [-0.05, 0) is 37.3 Å². The molecule has 0 radical (unpaired) electrons. The van der Waals surface area contributed by atoms with Crippen LogP contribution in [0.3, 0.4) is 0 Å². The van der Waals surface area contributed by atoms with Gasteiger partial charge in [0, 0.05) is 18.7 Å². The van der Waals surface area contributed by atoms with E-state index in [0.717, 1.165) is 12.8 Å². The van der Waals surface area contributed by atoms with Crippen LogP contribution in [-0.2, 0) is 9.53 Å². The summed E-state index contributed by atoms with van der Waals surface area (Å²) in [5, 5.41) is 20.7. The van der Waals surface area contributed by atoms with Crippen LogP contribution in [0.15, 0.2) is 18.5 Å². The van der Waals surface area contributed by atoms with Gasteiger partial charge in [-0.2, -0.15) is 0 Å². The fourth-order valence-corrected chi connectivity index (χ4v) is 3.90. The minimum atomic E-state index is -1.07. The molecule has 0 aromatic carbocycles. The largest absolute Gasteiger partial charge is 0.481 e. The van der Waals surface area contributed by atoms with Crippen molar-refractivity contribution in [2.45, 2.75) is 43.3 Å². The highest BCUT2D eigenvalue weighted by Gasteiger charge is 2.54. The normalized spacial score (nSPS) is 33.4. The summed E-state index contributed by atoms with van der Waals surface area (Å²) in [5.41, 5.74) is 5.72. The number of fused-ring (bicyclic) bond motifs is 1. The summed E-state index contributed by atoms with van der Waals surface area (Å²) in [6.07, 6.45) is 5.48. The lowest BCUT2D eigenvalue weighted by Gasteiger charge is -2.44. The number of pyridine rings is 1. The third-order valence-electron chi connectivity index (χ3n) is 4.88. The first kappa shape index (κ1) is 14.3. The van der Waals surface area contributed by atoms with E-state index in [1.165, 1.54) is 12.4 Å². The van der Waals surface area contributed by atoms with Crippen molar-refractivity contribution in [1.29, 1.82) is 0 Å². The van der Waals surface area contributed by atoms with Crippen molar-refractivity contribution in [3.63, 3.8) is 0 Å². The van der Waals surface area contributed by atoms with Crippen molar-refractivity contribution in [2.24, 2.45) is 5.92 Å². The van der Waals surface area contributed by atoms with Crippen LogP contribution in [0.4, 0.5) is 5.69 Å². The third-order valence-corrected chi connectivity index (χ3v) is 4.88. The van der Waals surface area contributed by atoms with Gasteiger partial charge in [0.1, 0.15) is 0 Å². The van der Waals surface area contributed by atoms with Crippen LogP contribution < -0.4 is 5.73 Å². The summed E-state index contributed by atoms with van der Waals surface area (Å²) in [6, 6.07) is 1.64. The molecule has 4 N–H and O–H groups in total. The average Bonchev–Trinajstić information content (AvgIpc) is 2.83. The van der Waals surface area contributed by atoms with E-state index in [1.807, 2.05) is 0 Å². The Balaban J connectivity index is 2.01. The molecule has 114 valence electrons. The molecule has 6 heteroatoms. The molecule has 2 aliphatic rings. The van der Waals surface area contributed by atoms with Gasteiger partial charge in [0.2, 0.25) is 0 Å². The minimum absolute atomic E-state index is 0.263. The molecule has 21 heavy (non-hydrogen) atoms. The molecular formula is C15H20N2O4. The molecule has 1 saturated heterocycles. The number of carboxylic acids is 1. The number of anilines is 1. The molecule has 1 saturated carbocycles. The van der Waals surface area contributed by atoms with E-state index in [4.69, 9.17) is 10.5 Å². The lowest BCUT2D eigenvalue weighted by molar-refractivity contribution is -0.175. The van der Waals surface area contributed by atoms with E-state index >= 15 is 0 Å². The van der Waals surface area contributed by atoms with Crippen LogP contribution in [0.25, 0.3) is 0 Å². The zero-order chi connectivity index (χ0) is 15.0. The molecular weight excluding hydrogens is 272 g/mol. The van der Waals surface area contributed by atoms with Crippen molar-refractivity contribution in [3.05, 3.63) is 24.0 Å². The Hall–Kier alpha value is -1.66. The molecule has 3 rings (SSSR count). The highest BCUT2D eigenvalue weighted by molar-refractivity contribution is 5.79. The molecule has 1 aromatic heterocycles. The van der Waals surface area contributed by atoms with Gasteiger partial charge in [0.05, 0.1) is 29.5 Å². The maximum Gasteiger partial charge on any atom is 0.311 e. The highest BCUT2D eigenvalue weighted by Crippen LogP contribution is 2.49. The summed E-state index contributed by atoms with van der Waals surface area (Å²) in [5.74, 6) is -2.18. The van der Waals surface area contributed by atoms with E-state index in [-0.39, 0.29) is 12.0 Å². The van der Waals surface area contributed by atoms with E-state index in [0.29, 0.717) is 30.7 Å². The van der Waals surface area contributed by atoms with Crippen LogP contribution in [0.1, 0.15) is 37.2 Å². The Morgan fingerprint density at radius 2 is 2.33 bits per heavy atom. The Morgan fingerprint density at radius 3 is 3.05 bits per heavy atom. The molecule has 1 aromatic rings. The zero-order valence-corrected chi connectivity index (χ0v) is 11.7. The Labute approximate surface area is 122 Å². The monoisotopic (exact) mass is 292 g/mol. The van der Waals surface area contributed by atoms with Gasteiger partial charge < -0.3 is 20.7 Å². The second-order valence-corrected chi connectivity index (χ2v) is 5.96. The summed E-state index contributed by atoms with van der Waals surface area (Å²) in [4.78, 5) is 15.8. The Bertz CT molecular complexity index is 550. The number of aromatic nitrogens is 1. The van der Waals surface area contributed by atoms with Crippen LogP contribution >= 0.6 is 0 Å². The van der Waals surface area contributed by atoms with Crippen molar-refractivity contribution in [2.75, 3.05) is 12.3 Å². The highest BCUT2D eigenvalue weighted by atomic mass is 16.5. The Kier molecular flexibility index (Phi) is 3.59. The van der Waals surface area contributed by atoms with Crippen LogP contribution in [0.5, 0.6) is 0 Å². The third kappa shape index (κ3) is 2.28.